The number of non-ortho nitro benzene ring substituents is 1. The quantitative estimate of drug-likeness (QED) is 0.0820. The largest absolute Gasteiger partial charge is 0.459 e. The average Bonchev–Trinajstić information content (AvgIpc) is 2.79. The number of carbonyl (C=O) groups is 2. The number of nitro benzene ring substituents is 1. The molecule has 12 heteroatoms. The van der Waals surface area contributed by atoms with Gasteiger partial charge in [-0.15, -0.1) is 11.8 Å². The second-order valence-electron chi connectivity index (χ2n) is 12.1. The van der Waals surface area contributed by atoms with E-state index in [1.807, 2.05) is 13.8 Å². The number of hydrogen-bond acceptors (Lipinski definition) is 8. The molecule has 0 spiro atoms. The summed E-state index contributed by atoms with van der Waals surface area (Å²) in [6.07, 6.45) is 0. The molecule has 4 atom stereocenters. The van der Waals surface area contributed by atoms with Gasteiger partial charge in [0.25, 0.3) is 5.69 Å². The molecule has 2 unspecified atom stereocenters. The highest BCUT2D eigenvalue weighted by molar-refractivity contribution is 7.99. The van der Waals surface area contributed by atoms with Crippen molar-refractivity contribution in [2.75, 3.05) is 12.3 Å². The molecular formula is C26H44N2O7SSi2. The zero-order valence-corrected chi connectivity index (χ0v) is 27.5. The van der Waals surface area contributed by atoms with E-state index in [9.17, 15) is 19.7 Å². The molecule has 0 saturated carbocycles. The molecule has 0 N–H and O–H groups in total. The lowest BCUT2D eigenvalue weighted by atomic mass is 9.90. The maximum Gasteiger partial charge on any atom is 0.326 e. The second kappa shape index (κ2) is 12.6. The predicted octanol–water partition coefficient (Wildman–Crippen LogP) is 5.23. The molecule has 0 aliphatic carbocycles. The molecule has 1 aliphatic rings. The Morgan fingerprint density at radius 3 is 1.95 bits per heavy atom. The first-order valence-corrected chi connectivity index (χ1v) is 18.5. The molecular weight excluding hydrogens is 541 g/mol. The highest BCUT2D eigenvalue weighted by atomic mass is 32.2. The van der Waals surface area contributed by atoms with Gasteiger partial charge in [0.15, 0.2) is 23.9 Å². The highest BCUT2D eigenvalue weighted by Crippen LogP contribution is 2.47. The first kappa shape index (κ1) is 32.5. The van der Waals surface area contributed by atoms with Crippen LogP contribution in [-0.4, -0.2) is 63.2 Å². The molecule has 1 aliphatic heterocycles. The van der Waals surface area contributed by atoms with Gasteiger partial charge in [-0.3, -0.25) is 19.7 Å². The van der Waals surface area contributed by atoms with Crippen LogP contribution in [0.1, 0.15) is 61.0 Å². The van der Waals surface area contributed by atoms with Crippen LogP contribution in [-0.2, 0) is 29.8 Å². The van der Waals surface area contributed by atoms with Crippen LogP contribution in [0.25, 0.3) is 0 Å². The van der Waals surface area contributed by atoms with E-state index in [4.69, 9.17) is 13.6 Å². The van der Waals surface area contributed by atoms with Crippen LogP contribution < -0.4 is 0 Å². The molecule has 38 heavy (non-hydrogen) atoms. The molecule has 9 nitrogen and oxygen atoms in total. The fourth-order valence-corrected chi connectivity index (χ4v) is 7.71. The van der Waals surface area contributed by atoms with Crippen molar-refractivity contribution in [2.24, 2.45) is 5.92 Å². The molecule has 1 saturated heterocycles. The van der Waals surface area contributed by atoms with E-state index in [1.54, 1.807) is 28.8 Å². The Labute approximate surface area is 234 Å². The number of thioether (sulfide) groups is 1. The number of nitrogens with zero attached hydrogens (tertiary/aromatic N) is 2. The summed E-state index contributed by atoms with van der Waals surface area (Å²) in [5.74, 6) is -1.53. The normalized spacial score (nSPS) is 21.3. The SMILES string of the molecule is CCS[C@@H]1[C@@H](C(C)(O[SiH](C)C(C)(C)C)O[SiH](C)C(C)(C)C)C(=O)N1CC(=O)OCc1ccc([N+](=O)[O-])cc1. The first-order valence-electron chi connectivity index (χ1n) is 13.1. The Balaban J connectivity index is 2.18. The summed E-state index contributed by atoms with van der Waals surface area (Å²) < 4.78 is 18.8. The lowest BCUT2D eigenvalue weighted by Gasteiger charge is -2.55. The van der Waals surface area contributed by atoms with Gasteiger partial charge < -0.3 is 18.5 Å². The third-order valence-electron chi connectivity index (χ3n) is 7.15. The summed E-state index contributed by atoms with van der Waals surface area (Å²) in [6.45, 7) is 21.0. The van der Waals surface area contributed by atoms with Crippen LogP contribution in [0.5, 0.6) is 0 Å². The third-order valence-corrected chi connectivity index (χ3v) is 14.9. The highest BCUT2D eigenvalue weighted by Gasteiger charge is 2.60. The van der Waals surface area contributed by atoms with Gasteiger partial charge in [-0.1, -0.05) is 48.5 Å². The number of carbonyl (C=O) groups excluding carboxylic acids is 2. The van der Waals surface area contributed by atoms with Crippen molar-refractivity contribution in [3.63, 3.8) is 0 Å². The Hall–Kier alpha value is -1.74. The fraction of sp³-hybridized carbons (Fsp3) is 0.692. The number of nitro groups is 1. The number of amides is 1. The number of esters is 1. The minimum absolute atomic E-state index is 0.0152. The predicted molar refractivity (Wildman–Crippen MR) is 156 cm³/mol. The molecule has 1 amide bonds. The van der Waals surface area contributed by atoms with Crippen LogP contribution in [0.4, 0.5) is 5.69 Å². The Morgan fingerprint density at radius 2 is 1.53 bits per heavy atom. The van der Waals surface area contributed by atoms with E-state index in [2.05, 4.69) is 54.6 Å². The Bertz CT molecular complexity index is 973. The van der Waals surface area contributed by atoms with Crippen molar-refractivity contribution in [3.05, 3.63) is 39.9 Å². The maximum absolute atomic E-state index is 13.6. The number of benzene rings is 1. The van der Waals surface area contributed by atoms with E-state index in [0.29, 0.717) is 5.56 Å². The average molecular weight is 585 g/mol. The van der Waals surface area contributed by atoms with Crippen LogP contribution in [0.3, 0.4) is 0 Å². The van der Waals surface area contributed by atoms with Crippen LogP contribution in [0, 0.1) is 16.0 Å². The van der Waals surface area contributed by atoms with Crippen molar-refractivity contribution in [1.82, 2.24) is 4.90 Å². The number of hydrogen-bond donors (Lipinski definition) is 0. The fourth-order valence-electron chi connectivity index (χ4n) is 3.82. The molecule has 0 bridgehead atoms. The standard InChI is InChI=1S/C26H44N2O7SSi2/c1-11-36-23-21(26(8,34-37(9)24(2,3)4)35-38(10)25(5,6)7)22(30)27(23)16-20(29)33-17-18-12-14-19(15-13-18)28(31)32/h12-15,21,23,37-38H,11,16-17H2,1-10H3/t21-,23+,26?,37?,38?/m0/s1. The molecule has 1 aromatic rings. The number of β-lactam (4-membered cyclic amide) rings is 1. The zero-order valence-electron chi connectivity index (χ0n) is 24.4. The zero-order chi connectivity index (χ0) is 29.1. The van der Waals surface area contributed by atoms with E-state index in [-0.39, 0.29) is 40.2 Å². The molecule has 1 heterocycles. The van der Waals surface area contributed by atoms with E-state index < -0.39 is 40.7 Å². The topological polar surface area (TPSA) is 108 Å². The monoisotopic (exact) mass is 584 g/mol. The lowest BCUT2D eigenvalue weighted by Crippen LogP contribution is -2.70. The van der Waals surface area contributed by atoms with Gasteiger partial charge >= 0.3 is 5.97 Å². The molecule has 214 valence electrons. The van der Waals surface area contributed by atoms with Crippen LogP contribution in [0.2, 0.25) is 23.2 Å². The summed E-state index contributed by atoms with van der Waals surface area (Å²) in [5.41, 5.74) is 0.602. The molecule has 0 aromatic heterocycles. The minimum Gasteiger partial charge on any atom is -0.459 e. The first-order chi connectivity index (χ1) is 17.4. The van der Waals surface area contributed by atoms with Crippen LogP contribution >= 0.6 is 11.8 Å². The van der Waals surface area contributed by atoms with E-state index in [0.717, 1.165) is 5.75 Å². The Kier molecular flexibility index (Phi) is 10.8. The summed E-state index contributed by atoms with van der Waals surface area (Å²) in [5, 5.41) is 10.5. The van der Waals surface area contributed by atoms with Crippen molar-refractivity contribution in [1.29, 1.82) is 0 Å². The summed E-state index contributed by atoms with van der Waals surface area (Å²) >= 11 is 1.60. The molecule has 0 radical (unpaired) electrons. The third kappa shape index (κ3) is 8.14. The molecule has 1 fully saturated rings. The Morgan fingerprint density at radius 1 is 1.03 bits per heavy atom. The number of likely N-dealkylation sites (tertiary alicyclic amines) is 1. The van der Waals surface area contributed by atoms with Gasteiger partial charge in [-0.05, 0) is 53.5 Å². The van der Waals surface area contributed by atoms with Gasteiger partial charge in [0, 0.05) is 12.1 Å². The minimum atomic E-state index is -1.76. The van der Waals surface area contributed by atoms with E-state index in [1.165, 1.54) is 12.1 Å². The molecule has 2 rings (SSSR count). The number of rotatable bonds is 12. The summed E-state index contributed by atoms with van der Waals surface area (Å²) in [6, 6.07) is 5.83. The summed E-state index contributed by atoms with van der Waals surface area (Å²) in [4.78, 5) is 38.2. The van der Waals surface area contributed by atoms with Crippen molar-refractivity contribution in [3.8, 4) is 0 Å². The molecule has 1 aromatic carbocycles. The maximum atomic E-state index is 13.6. The van der Waals surface area contributed by atoms with Gasteiger partial charge in [0.1, 0.15) is 19.1 Å². The van der Waals surface area contributed by atoms with Crippen molar-refractivity contribution >= 4 is 47.4 Å². The van der Waals surface area contributed by atoms with Gasteiger partial charge in [-0.25, -0.2) is 0 Å². The smallest absolute Gasteiger partial charge is 0.326 e. The van der Waals surface area contributed by atoms with Gasteiger partial charge in [-0.2, -0.15) is 0 Å². The lowest BCUT2D eigenvalue weighted by molar-refractivity contribution is -0.384. The van der Waals surface area contributed by atoms with Crippen LogP contribution in [0.15, 0.2) is 24.3 Å². The second-order valence-corrected chi connectivity index (χ2v) is 20.0. The van der Waals surface area contributed by atoms with Crippen molar-refractivity contribution in [2.45, 2.75) is 96.3 Å². The van der Waals surface area contributed by atoms with Gasteiger partial charge in [0.2, 0.25) is 5.91 Å². The number of ether oxygens (including phenoxy) is 1. The van der Waals surface area contributed by atoms with Crippen molar-refractivity contribution < 1.29 is 28.1 Å². The van der Waals surface area contributed by atoms with Gasteiger partial charge in [0.05, 0.1) is 10.3 Å². The van der Waals surface area contributed by atoms with E-state index >= 15 is 0 Å². The summed E-state index contributed by atoms with van der Waals surface area (Å²) in [7, 11) is -3.52.